The summed E-state index contributed by atoms with van der Waals surface area (Å²) >= 11 is 1.10. The lowest BCUT2D eigenvalue weighted by Crippen LogP contribution is -2.32. The van der Waals surface area contributed by atoms with Crippen LogP contribution in [0.3, 0.4) is 0 Å². The summed E-state index contributed by atoms with van der Waals surface area (Å²) in [7, 11) is -3.86. The van der Waals surface area contributed by atoms with Gasteiger partial charge in [0.1, 0.15) is 12.4 Å². The van der Waals surface area contributed by atoms with E-state index in [2.05, 4.69) is 4.98 Å². The lowest BCUT2D eigenvalue weighted by atomic mass is 10.1. The van der Waals surface area contributed by atoms with Gasteiger partial charge in [0.2, 0.25) is 4.34 Å². The number of ether oxygens (including phenoxy) is 1. The monoisotopic (exact) mass is 488 g/mol. The highest BCUT2D eigenvalue weighted by molar-refractivity contribution is 7.94. The van der Waals surface area contributed by atoms with Crippen LogP contribution in [0.25, 0.3) is 0 Å². The molecule has 1 aromatic heterocycles. The number of hydrogen-bond acceptors (Lipinski definition) is 6. The Kier molecular flexibility index (Phi) is 7.44. The first-order valence-corrected chi connectivity index (χ1v) is 12.9. The fraction of sp³-hybridized carbons (Fsp3) is 0.333. The van der Waals surface area contributed by atoms with Crippen molar-refractivity contribution >= 4 is 33.0 Å². The third-order valence-corrected chi connectivity index (χ3v) is 8.52. The second-order valence-corrected chi connectivity index (χ2v) is 10.9. The molecule has 0 atom stereocenters. The highest BCUT2D eigenvalue weighted by Crippen LogP contribution is 2.36. The number of rotatable bonds is 9. The molecule has 0 saturated heterocycles. The minimum absolute atomic E-state index is 0.0535. The van der Waals surface area contributed by atoms with Crippen molar-refractivity contribution in [3.63, 3.8) is 0 Å². The fourth-order valence-electron chi connectivity index (χ4n) is 3.35. The molecular formula is C24H28N2O5S2. The van der Waals surface area contributed by atoms with Gasteiger partial charge in [0.25, 0.3) is 10.0 Å². The lowest BCUT2D eigenvalue weighted by Gasteiger charge is -2.26. The molecule has 0 bridgehead atoms. The van der Waals surface area contributed by atoms with E-state index >= 15 is 0 Å². The van der Waals surface area contributed by atoms with Crippen molar-refractivity contribution in [2.24, 2.45) is 0 Å². The molecular weight excluding hydrogens is 460 g/mol. The second-order valence-electron chi connectivity index (χ2n) is 7.97. The largest absolute Gasteiger partial charge is 0.487 e. The third-order valence-electron chi connectivity index (χ3n) is 5.35. The first kappa shape index (κ1) is 24.7. The minimum Gasteiger partial charge on any atom is -0.487 e. The number of hydrogen-bond donors (Lipinski definition) is 1. The maximum atomic E-state index is 13.5. The van der Waals surface area contributed by atoms with Crippen molar-refractivity contribution in [2.75, 3.05) is 10.8 Å². The topological polar surface area (TPSA) is 96.8 Å². The molecule has 1 N–H and O–H groups in total. The quantitative estimate of drug-likeness (QED) is 0.441. The summed E-state index contributed by atoms with van der Waals surface area (Å²) < 4.78 is 34.5. The van der Waals surface area contributed by atoms with Crippen LogP contribution < -0.4 is 9.04 Å². The van der Waals surface area contributed by atoms with Crippen LogP contribution in [-0.4, -0.2) is 31.0 Å². The van der Waals surface area contributed by atoms with Crippen molar-refractivity contribution in [3.05, 3.63) is 69.2 Å². The Morgan fingerprint density at radius 2 is 1.79 bits per heavy atom. The van der Waals surface area contributed by atoms with Crippen molar-refractivity contribution < 1.29 is 23.1 Å². The number of aromatic nitrogens is 1. The van der Waals surface area contributed by atoms with Crippen molar-refractivity contribution in [1.82, 2.24) is 4.98 Å². The van der Waals surface area contributed by atoms with E-state index in [1.54, 1.807) is 24.4 Å². The number of benzene rings is 2. The maximum absolute atomic E-state index is 13.5. The fourth-order valence-corrected chi connectivity index (χ4v) is 6.04. The van der Waals surface area contributed by atoms with Crippen LogP contribution >= 0.6 is 11.3 Å². The molecule has 0 saturated carbocycles. The summed E-state index contributed by atoms with van der Waals surface area (Å²) in [5, 5.41) is 10.9. The number of aromatic carboxylic acids is 1. The van der Waals surface area contributed by atoms with Gasteiger partial charge in [-0.15, -0.1) is 11.3 Å². The van der Waals surface area contributed by atoms with E-state index in [4.69, 9.17) is 4.74 Å². The Morgan fingerprint density at radius 1 is 1.09 bits per heavy atom. The van der Waals surface area contributed by atoms with E-state index in [-0.39, 0.29) is 23.1 Å². The summed E-state index contributed by atoms with van der Waals surface area (Å²) in [4.78, 5) is 15.4. The van der Waals surface area contributed by atoms with Gasteiger partial charge in [-0.1, -0.05) is 13.0 Å². The molecule has 3 rings (SSSR count). The number of thiazole rings is 1. The number of anilines is 1. The van der Waals surface area contributed by atoms with Crippen LogP contribution in [0.2, 0.25) is 0 Å². The average Bonchev–Trinajstić information content (AvgIpc) is 3.20. The molecule has 2 aromatic carbocycles. The van der Waals surface area contributed by atoms with E-state index in [1.165, 1.54) is 10.4 Å². The van der Waals surface area contributed by atoms with Crippen LogP contribution in [0.5, 0.6) is 5.75 Å². The number of aryl methyl sites for hydroxylation is 4. The van der Waals surface area contributed by atoms with Gasteiger partial charge >= 0.3 is 5.97 Å². The molecule has 0 aliphatic rings. The summed E-state index contributed by atoms with van der Waals surface area (Å²) in [6.07, 6.45) is 0.617. The van der Waals surface area contributed by atoms with E-state index in [0.717, 1.165) is 33.6 Å². The highest BCUT2D eigenvalue weighted by Gasteiger charge is 2.30. The normalized spacial score (nSPS) is 11.4. The number of sulfonamides is 1. The van der Waals surface area contributed by atoms with Gasteiger partial charge in [-0.3, -0.25) is 4.31 Å². The Labute approximate surface area is 198 Å². The predicted octanol–water partition coefficient (Wildman–Crippen LogP) is 5.26. The van der Waals surface area contributed by atoms with Gasteiger partial charge in [0.05, 0.1) is 11.3 Å². The maximum Gasteiger partial charge on any atom is 0.335 e. The predicted molar refractivity (Wildman–Crippen MR) is 130 cm³/mol. The minimum atomic E-state index is -3.86. The molecule has 3 aromatic rings. The second kappa shape index (κ2) is 9.93. The van der Waals surface area contributed by atoms with Gasteiger partial charge in [0.15, 0.2) is 0 Å². The smallest absolute Gasteiger partial charge is 0.335 e. The van der Waals surface area contributed by atoms with Crippen LogP contribution in [0, 0.1) is 27.7 Å². The number of carbonyl (C=O) groups is 1. The number of carboxylic acid groups (broad SMARTS) is 1. The van der Waals surface area contributed by atoms with Gasteiger partial charge in [0, 0.05) is 17.6 Å². The molecule has 0 aliphatic carbocycles. The summed E-state index contributed by atoms with van der Waals surface area (Å²) in [6, 6.07) is 8.53. The van der Waals surface area contributed by atoms with E-state index in [1.807, 2.05) is 39.8 Å². The Hall–Kier alpha value is -2.91. The highest BCUT2D eigenvalue weighted by atomic mass is 32.2. The zero-order chi connectivity index (χ0) is 24.3. The zero-order valence-electron chi connectivity index (χ0n) is 19.4. The summed E-state index contributed by atoms with van der Waals surface area (Å²) in [5.74, 6) is -0.537. The first-order chi connectivity index (χ1) is 15.5. The van der Waals surface area contributed by atoms with Gasteiger partial charge in [-0.05, 0) is 80.6 Å². The molecule has 33 heavy (non-hydrogen) atoms. The molecule has 9 heteroatoms. The average molecular weight is 489 g/mol. The number of carboxylic acids is 1. The lowest BCUT2D eigenvalue weighted by molar-refractivity contribution is 0.0696. The Bertz CT molecular complexity index is 1280. The third kappa shape index (κ3) is 5.36. The summed E-state index contributed by atoms with van der Waals surface area (Å²) in [5.41, 5.74) is 4.87. The van der Waals surface area contributed by atoms with Crippen molar-refractivity contribution in [3.8, 4) is 5.75 Å². The van der Waals surface area contributed by atoms with Crippen LogP contribution in [-0.2, 0) is 16.6 Å². The molecule has 0 radical (unpaired) electrons. The van der Waals surface area contributed by atoms with Crippen LogP contribution in [0.4, 0.5) is 5.69 Å². The summed E-state index contributed by atoms with van der Waals surface area (Å²) in [6.45, 7) is 9.85. The van der Waals surface area contributed by atoms with Gasteiger partial charge in [-0.2, -0.15) is 8.42 Å². The van der Waals surface area contributed by atoms with Gasteiger partial charge in [-0.25, -0.2) is 9.78 Å². The zero-order valence-corrected chi connectivity index (χ0v) is 21.0. The molecule has 0 spiro atoms. The molecule has 0 fully saturated rings. The van der Waals surface area contributed by atoms with E-state index in [0.29, 0.717) is 23.6 Å². The van der Waals surface area contributed by atoms with Crippen LogP contribution in [0.1, 0.15) is 51.7 Å². The molecule has 176 valence electrons. The molecule has 0 amide bonds. The molecule has 1 heterocycles. The SMILES string of the molecule is CCCN(c1cc(C)c(C)cc1OCc1ccc(C(=O)O)cc1C)S(=O)(=O)c1nc(C)cs1. The first-order valence-electron chi connectivity index (χ1n) is 10.6. The van der Waals surface area contributed by atoms with Crippen molar-refractivity contribution in [2.45, 2.75) is 52.0 Å². The Morgan fingerprint density at radius 3 is 2.36 bits per heavy atom. The standard InChI is InChI=1S/C24H28N2O5S2/c1-6-9-26(33(29,30)24-25-18(5)14-32-24)21-11-15(2)16(3)12-22(21)31-13-20-8-7-19(23(27)28)10-17(20)4/h7-8,10-12,14H,6,9,13H2,1-5H3,(H,27,28). The molecule has 0 unspecified atom stereocenters. The van der Waals surface area contributed by atoms with Gasteiger partial charge < -0.3 is 9.84 Å². The number of nitrogens with zero attached hydrogens (tertiary/aromatic N) is 2. The van der Waals surface area contributed by atoms with Crippen molar-refractivity contribution in [1.29, 1.82) is 0 Å². The molecule has 7 nitrogen and oxygen atoms in total. The Balaban J connectivity index is 2.01. The molecule has 0 aliphatic heterocycles. The van der Waals surface area contributed by atoms with E-state index < -0.39 is 16.0 Å². The van der Waals surface area contributed by atoms with E-state index in [9.17, 15) is 18.3 Å². The van der Waals surface area contributed by atoms with Crippen LogP contribution in [0.15, 0.2) is 40.1 Å².